The van der Waals surface area contributed by atoms with Crippen molar-refractivity contribution in [1.29, 1.82) is 0 Å². The molecule has 16 atom stereocenters. The second kappa shape index (κ2) is 50.6. The van der Waals surface area contributed by atoms with Crippen LogP contribution >= 0.6 is 12.6 Å². The van der Waals surface area contributed by atoms with Gasteiger partial charge in [0, 0.05) is 44.5 Å². The molecule has 1 aliphatic heterocycles. The number of aliphatic carboxylic acids is 2. The van der Waals surface area contributed by atoms with Crippen LogP contribution in [-0.2, 0) is 97.5 Å². The first kappa shape index (κ1) is 100. The lowest BCUT2D eigenvalue weighted by Crippen LogP contribution is -2.61. The van der Waals surface area contributed by atoms with E-state index in [0.29, 0.717) is 5.56 Å². The topological polar surface area (TPSA) is 774 Å². The quantitative estimate of drug-likeness (QED) is 0.0125. The number of aromatic hydroxyl groups is 1. The van der Waals surface area contributed by atoms with Crippen LogP contribution in [0.3, 0.4) is 0 Å². The second-order valence-electron chi connectivity index (χ2n) is 27.9. The summed E-state index contributed by atoms with van der Waals surface area (Å²) in [5, 5.41) is 89.1. The highest BCUT2D eigenvalue weighted by Crippen LogP contribution is 2.21. The van der Waals surface area contributed by atoms with Crippen LogP contribution in [0.2, 0.25) is 0 Å². The van der Waals surface area contributed by atoms with Crippen LogP contribution in [0.5, 0.6) is 5.75 Å². The third-order valence-electron chi connectivity index (χ3n) is 17.9. The number of nitrogens with zero attached hydrogens (tertiary/aromatic N) is 2. The van der Waals surface area contributed by atoms with Gasteiger partial charge in [0.05, 0.1) is 38.3 Å². The van der Waals surface area contributed by atoms with Gasteiger partial charge in [0.1, 0.15) is 78.3 Å². The molecule has 0 unspecified atom stereocenters. The fraction of sp³-hybridized carbons (Fsp3) is 0.623. The normalized spacial score (nSPS) is 16.2. The maximum Gasteiger partial charge on any atom is 0.328 e. The molecular formula is C69H111N21O25S. The molecule has 0 spiro atoms. The first-order chi connectivity index (χ1) is 54.4. The van der Waals surface area contributed by atoms with E-state index in [9.17, 15) is 122 Å². The highest BCUT2D eigenvalue weighted by molar-refractivity contribution is 7.80. The van der Waals surface area contributed by atoms with Gasteiger partial charge in [-0.1, -0.05) is 46.2 Å². The number of likely N-dealkylation sites (tertiary alicyclic amines) is 1. The van der Waals surface area contributed by atoms with E-state index in [-0.39, 0.29) is 81.4 Å². The number of carboxylic acid groups (broad SMARTS) is 2. The number of amides is 17. The van der Waals surface area contributed by atoms with E-state index in [4.69, 9.17) is 34.4 Å². The molecule has 47 heteroatoms. The van der Waals surface area contributed by atoms with Crippen LogP contribution in [0.15, 0.2) is 29.3 Å². The molecule has 2 rings (SSSR count). The Bertz CT molecular complexity index is 3670. The lowest BCUT2D eigenvalue weighted by molar-refractivity contribution is -0.145. The molecule has 1 saturated heterocycles. The number of hydrogen-bond acceptors (Lipinski definition) is 26. The molecule has 116 heavy (non-hydrogen) atoms. The largest absolute Gasteiger partial charge is 0.508 e. The third kappa shape index (κ3) is 35.8. The number of aliphatic hydroxyl groups excluding tert-OH is 3. The van der Waals surface area contributed by atoms with Crippen LogP contribution in [-0.4, -0.2) is 283 Å². The molecular weight excluding hydrogens is 1550 g/mol. The van der Waals surface area contributed by atoms with E-state index in [1.807, 2.05) is 5.32 Å². The number of carbonyl (C=O) groups is 19. The summed E-state index contributed by atoms with van der Waals surface area (Å²) in [5.74, 6) is -23.1. The zero-order valence-electron chi connectivity index (χ0n) is 65.0. The lowest BCUT2D eigenvalue weighted by atomic mass is 9.97. The lowest BCUT2D eigenvalue weighted by Gasteiger charge is -2.31. The minimum Gasteiger partial charge on any atom is -0.508 e. The number of rotatable bonds is 53. The molecule has 0 radical (unpaired) electrons. The standard InChI is InChI=1S/C69H111N21O25S/c1-7-32(4)53(88-55(101)33(5)78-65(111)47-11-9-23-90(47)67(113)41(17-20-49(72)96)83-63(109)45(28-91)86-59(105)40(18-21-52(99)100)81-60(106)42(24-31(2)3)84-56(102)37(70)30-116)66(112)82-38(10-8-22-76-69(74)75)58(104)85-44(26-50(73)97)62(108)80-39(16-19-48(71)95)57(103)77-27-51(98)79-43(25-35-12-14-36(94)15-13-35)61(107)87-46(29-92)64(110)89-54(34(6)93)68(114)115/h12-15,31-34,37-47,53-54,91-94,116H,7-11,16-30,70H2,1-6H3,(H2,71,95)(H2,72,96)(H2,73,97)(H,77,103)(H,78,111)(H,79,98)(H,80,108)(H,81,106)(H,82,112)(H,83,109)(H,84,102)(H,85,104)(H,86,105)(H,87,107)(H,88,101)(H,89,110)(H,99,100)(H,114,115)(H4,74,75,76)/t32-,33-,34+,37-,38-,39-,40-,41-,42-,43-,44-,45-,46-,47-,53-,54-/m0/s1. The molecule has 31 N–H and O–H groups in total. The smallest absolute Gasteiger partial charge is 0.328 e. The van der Waals surface area contributed by atoms with Crippen molar-refractivity contribution in [1.82, 2.24) is 74.0 Å². The van der Waals surface area contributed by atoms with Gasteiger partial charge in [0.2, 0.25) is 100 Å². The number of thiol groups is 1. The first-order valence-corrected chi connectivity index (χ1v) is 37.6. The monoisotopic (exact) mass is 1670 g/mol. The molecule has 0 saturated carbocycles. The van der Waals surface area contributed by atoms with E-state index < -0.39 is 274 Å². The molecule has 1 heterocycles. The molecule has 1 fully saturated rings. The summed E-state index contributed by atoms with van der Waals surface area (Å²) < 4.78 is 0. The Kier molecular flexibility index (Phi) is 43.8. The third-order valence-corrected chi connectivity index (χ3v) is 18.3. The van der Waals surface area contributed by atoms with Gasteiger partial charge in [0.15, 0.2) is 12.0 Å². The number of primary amides is 3. The fourth-order valence-electron chi connectivity index (χ4n) is 11.3. The molecule has 17 amide bonds. The molecule has 1 aliphatic rings. The SMILES string of the molecule is CC[C@H](C)[C@H](NC(=O)[C@H](C)NC(=O)[C@@H]1CCCN1C(=O)[C@H](CCC(N)=O)NC(=O)[C@H](CO)NC(=O)[C@H](CCC(=O)O)NC(=O)[C@H](CC(C)C)NC(=O)[C@@H](N)CS)C(=O)N[C@@H](CCCN=C(N)N)C(=O)N[C@@H](CC(N)=O)C(=O)N[C@@H](CCC(N)=O)C(=O)NCC(=O)N[C@@H](Cc1ccc(O)cc1)C(=O)N[C@@H](CO)C(=O)N[C@H](C(=O)O)[C@@H](C)O. The van der Waals surface area contributed by atoms with Crippen LogP contribution < -0.4 is 104 Å². The zero-order chi connectivity index (χ0) is 88.0. The Morgan fingerprint density at radius 1 is 0.534 bits per heavy atom. The van der Waals surface area contributed by atoms with Gasteiger partial charge < -0.3 is 139 Å². The number of nitrogens with one attached hydrogen (secondary N) is 13. The summed E-state index contributed by atoms with van der Waals surface area (Å²) in [7, 11) is 0. The van der Waals surface area contributed by atoms with Gasteiger partial charge in [-0.15, -0.1) is 0 Å². The number of phenolic OH excluding ortho intramolecular Hbond substituents is 1. The van der Waals surface area contributed by atoms with Gasteiger partial charge in [-0.25, -0.2) is 4.79 Å². The van der Waals surface area contributed by atoms with Crippen molar-refractivity contribution in [2.75, 3.05) is 38.6 Å². The van der Waals surface area contributed by atoms with E-state index in [1.165, 1.54) is 38.1 Å². The summed E-state index contributed by atoms with van der Waals surface area (Å²) in [4.78, 5) is 259. The minimum atomic E-state index is -1.99. The van der Waals surface area contributed by atoms with Gasteiger partial charge in [-0.2, -0.15) is 12.6 Å². The number of carbonyl (C=O) groups excluding carboxylic acids is 17. The van der Waals surface area contributed by atoms with E-state index in [2.05, 4.69) is 81.4 Å². The van der Waals surface area contributed by atoms with Crippen molar-refractivity contribution in [2.24, 2.45) is 51.2 Å². The molecule has 0 aromatic heterocycles. The molecule has 0 bridgehead atoms. The first-order valence-electron chi connectivity index (χ1n) is 37.0. The fourth-order valence-corrected chi connectivity index (χ4v) is 11.4. The van der Waals surface area contributed by atoms with Crippen molar-refractivity contribution in [3.63, 3.8) is 0 Å². The summed E-state index contributed by atoms with van der Waals surface area (Å²) >= 11 is 3.99. The number of hydrogen-bond donors (Lipinski definition) is 26. The Morgan fingerprint density at radius 2 is 1.00 bits per heavy atom. The maximum atomic E-state index is 14.5. The van der Waals surface area contributed by atoms with Crippen LogP contribution in [0.25, 0.3) is 0 Å². The average Bonchev–Trinajstić information content (AvgIpc) is 1.65. The highest BCUT2D eigenvalue weighted by atomic mass is 32.1. The number of aliphatic imine (C=N–C) groups is 1. The number of nitrogens with two attached hydrogens (primary N) is 6. The van der Waals surface area contributed by atoms with Gasteiger partial charge in [-0.3, -0.25) is 91.3 Å². The number of carboxylic acids is 2. The number of aliphatic hydroxyl groups is 3. The van der Waals surface area contributed by atoms with Crippen LogP contribution in [0.1, 0.15) is 131 Å². The van der Waals surface area contributed by atoms with Gasteiger partial charge in [0.25, 0.3) is 0 Å². The van der Waals surface area contributed by atoms with Crippen molar-refractivity contribution < 1.29 is 122 Å². The Labute approximate surface area is 671 Å². The molecule has 648 valence electrons. The minimum absolute atomic E-state index is 0.0299. The van der Waals surface area contributed by atoms with Crippen LogP contribution in [0, 0.1) is 11.8 Å². The van der Waals surface area contributed by atoms with Gasteiger partial charge in [-0.05, 0) is 94.7 Å². The Balaban J connectivity index is 2.42. The summed E-state index contributed by atoms with van der Waals surface area (Å²) in [6, 6.07) is -17.8. The summed E-state index contributed by atoms with van der Waals surface area (Å²) in [6.07, 6.45) is -6.57. The van der Waals surface area contributed by atoms with Crippen molar-refractivity contribution in [3.8, 4) is 5.75 Å². The van der Waals surface area contributed by atoms with Crippen molar-refractivity contribution in [3.05, 3.63) is 29.8 Å². The number of guanidine groups is 1. The molecule has 1 aromatic rings. The zero-order valence-corrected chi connectivity index (χ0v) is 65.9. The predicted molar refractivity (Wildman–Crippen MR) is 410 cm³/mol. The van der Waals surface area contributed by atoms with Crippen molar-refractivity contribution in [2.45, 2.75) is 222 Å². The van der Waals surface area contributed by atoms with Gasteiger partial charge >= 0.3 is 11.9 Å². The second-order valence-corrected chi connectivity index (χ2v) is 28.3. The molecule has 1 aromatic carbocycles. The Morgan fingerprint density at radius 3 is 1.51 bits per heavy atom. The summed E-state index contributed by atoms with van der Waals surface area (Å²) in [5.41, 5.74) is 33.4. The van der Waals surface area contributed by atoms with Crippen molar-refractivity contribution >= 4 is 131 Å². The average molecular weight is 1670 g/mol. The van der Waals surface area contributed by atoms with E-state index in [0.717, 1.165) is 11.8 Å². The summed E-state index contributed by atoms with van der Waals surface area (Å²) in [6.45, 7) is 5.32. The number of phenols is 1. The van der Waals surface area contributed by atoms with E-state index >= 15 is 0 Å². The molecule has 46 nitrogen and oxygen atoms in total. The highest BCUT2D eigenvalue weighted by Gasteiger charge is 2.42. The Hall–Kier alpha value is -11.6. The predicted octanol–water partition coefficient (Wildman–Crippen LogP) is -11.0. The van der Waals surface area contributed by atoms with E-state index in [1.54, 1.807) is 20.8 Å². The van der Waals surface area contributed by atoms with Crippen LogP contribution in [0.4, 0.5) is 0 Å². The maximum absolute atomic E-state index is 14.5. The molecule has 0 aliphatic carbocycles. The number of benzene rings is 1.